The molecule has 0 aromatic carbocycles. The van der Waals surface area contributed by atoms with Crippen LogP contribution in [0.4, 0.5) is 0 Å². The van der Waals surface area contributed by atoms with Crippen LogP contribution in [0.3, 0.4) is 0 Å². The molecule has 20 heavy (non-hydrogen) atoms. The van der Waals surface area contributed by atoms with E-state index in [0.717, 1.165) is 11.8 Å². The SMILES string of the molecule is CC(C)(C)C1CCC(N)C(CN2CCCCCCC2)C1. The predicted octanol–water partition coefficient (Wildman–Crippen LogP) is 4.04. The topological polar surface area (TPSA) is 29.3 Å². The van der Waals surface area contributed by atoms with Gasteiger partial charge in [0.1, 0.15) is 0 Å². The molecule has 2 fully saturated rings. The lowest BCUT2D eigenvalue weighted by atomic mass is 9.67. The molecule has 2 N–H and O–H groups in total. The molecule has 0 amide bonds. The number of likely N-dealkylation sites (tertiary alicyclic amines) is 1. The Hall–Kier alpha value is -0.0800. The highest BCUT2D eigenvalue weighted by atomic mass is 15.1. The van der Waals surface area contributed by atoms with Crippen molar-refractivity contribution in [1.82, 2.24) is 4.90 Å². The van der Waals surface area contributed by atoms with Crippen molar-refractivity contribution in [2.45, 2.75) is 78.2 Å². The molecule has 1 aliphatic carbocycles. The first kappa shape index (κ1) is 16.3. The van der Waals surface area contributed by atoms with Gasteiger partial charge in [-0.1, -0.05) is 40.0 Å². The van der Waals surface area contributed by atoms with Crippen molar-refractivity contribution >= 4 is 0 Å². The predicted molar refractivity (Wildman–Crippen MR) is 87.8 cm³/mol. The zero-order chi connectivity index (χ0) is 14.6. The van der Waals surface area contributed by atoms with Gasteiger partial charge in [0, 0.05) is 12.6 Å². The van der Waals surface area contributed by atoms with Crippen LogP contribution >= 0.6 is 0 Å². The van der Waals surface area contributed by atoms with Crippen molar-refractivity contribution in [3.8, 4) is 0 Å². The summed E-state index contributed by atoms with van der Waals surface area (Å²) in [6.07, 6.45) is 11.0. The fourth-order valence-corrected chi connectivity index (χ4v) is 4.11. The summed E-state index contributed by atoms with van der Waals surface area (Å²) < 4.78 is 0. The van der Waals surface area contributed by atoms with E-state index in [1.165, 1.54) is 71.0 Å². The Balaban J connectivity index is 1.88. The van der Waals surface area contributed by atoms with E-state index in [4.69, 9.17) is 5.73 Å². The Bertz CT molecular complexity index is 274. The molecule has 2 aliphatic rings. The summed E-state index contributed by atoms with van der Waals surface area (Å²) in [5, 5.41) is 0. The molecule has 2 heteroatoms. The van der Waals surface area contributed by atoms with Gasteiger partial charge < -0.3 is 10.6 Å². The second-order valence-electron chi connectivity index (χ2n) is 8.37. The van der Waals surface area contributed by atoms with Gasteiger partial charge in [-0.15, -0.1) is 0 Å². The van der Waals surface area contributed by atoms with E-state index < -0.39 is 0 Å². The Morgan fingerprint density at radius 3 is 2.15 bits per heavy atom. The van der Waals surface area contributed by atoms with Crippen LogP contribution in [0.1, 0.15) is 72.1 Å². The fourth-order valence-electron chi connectivity index (χ4n) is 4.11. The summed E-state index contributed by atoms with van der Waals surface area (Å²) in [6.45, 7) is 11.1. The quantitative estimate of drug-likeness (QED) is 0.827. The van der Waals surface area contributed by atoms with Crippen molar-refractivity contribution < 1.29 is 0 Å². The zero-order valence-corrected chi connectivity index (χ0v) is 14.0. The maximum absolute atomic E-state index is 6.44. The molecule has 0 spiro atoms. The smallest absolute Gasteiger partial charge is 0.00795 e. The van der Waals surface area contributed by atoms with Crippen LogP contribution in [0, 0.1) is 17.3 Å². The average molecular weight is 280 g/mol. The monoisotopic (exact) mass is 280 g/mol. The highest BCUT2D eigenvalue weighted by Gasteiger charge is 2.35. The number of nitrogens with two attached hydrogens (primary N) is 1. The first-order valence-electron chi connectivity index (χ1n) is 8.95. The molecule has 118 valence electrons. The number of nitrogens with zero attached hydrogens (tertiary/aromatic N) is 1. The van der Waals surface area contributed by atoms with Gasteiger partial charge >= 0.3 is 0 Å². The number of hydrogen-bond acceptors (Lipinski definition) is 2. The maximum atomic E-state index is 6.44. The number of rotatable bonds is 2. The fraction of sp³-hybridized carbons (Fsp3) is 1.00. The van der Waals surface area contributed by atoms with Gasteiger partial charge in [0.05, 0.1) is 0 Å². The standard InChI is InChI=1S/C18H36N2/c1-18(2,3)16-9-10-17(19)15(13-16)14-20-11-7-5-4-6-8-12-20/h15-17H,4-14,19H2,1-3H3. The third-order valence-corrected chi connectivity index (χ3v) is 5.71. The van der Waals surface area contributed by atoms with Crippen LogP contribution in [-0.4, -0.2) is 30.6 Å². The minimum absolute atomic E-state index is 0.444. The van der Waals surface area contributed by atoms with Crippen LogP contribution in [0.2, 0.25) is 0 Å². The van der Waals surface area contributed by atoms with E-state index in [9.17, 15) is 0 Å². The average Bonchev–Trinajstić information content (AvgIpc) is 2.33. The molecule has 1 saturated heterocycles. The molecule has 0 bridgehead atoms. The van der Waals surface area contributed by atoms with E-state index in [1.807, 2.05) is 0 Å². The third-order valence-electron chi connectivity index (χ3n) is 5.71. The summed E-state index contributed by atoms with van der Waals surface area (Å²) in [5.74, 6) is 1.59. The Labute approximate surface area is 126 Å². The van der Waals surface area contributed by atoms with E-state index in [2.05, 4.69) is 25.7 Å². The number of hydrogen-bond donors (Lipinski definition) is 1. The summed E-state index contributed by atoms with van der Waals surface area (Å²) >= 11 is 0. The maximum Gasteiger partial charge on any atom is 0.00795 e. The molecule has 1 saturated carbocycles. The first-order valence-corrected chi connectivity index (χ1v) is 8.95. The van der Waals surface area contributed by atoms with Gasteiger partial charge in [-0.3, -0.25) is 0 Å². The lowest BCUT2D eigenvalue weighted by molar-refractivity contribution is 0.0961. The largest absolute Gasteiger partial charge is 0.327 e. The minimum atomic E-state index is 0.444. The van der Waals surface area contributed by atoms with Gasteiger partial charge in [-0.05, 0) is 62.4 Å². The molecule has 0 radical (unpaired) electrons. The summed E-state index contributed by atoms with van der Waals surface area (Å²) in [6, 6.07) is 0.444. The molecule has 0 aromatic rings. The van der Waals surface area contributed by atoms with Crippen LogP contribution < -0.4 is 5.73 Å². The highest BCUT2D eigenvalue weighted by Crippen LogP contribution is 2.40. The first-order chi connectivity index (χ1) is 9.47. The molecule has 1 heterocycles. The molecule has 1 aliphatic heterocycles. The second kappa shape index (κ2) is 7.26. The summed E-state index contributed by atoms with van der Waals surface area (Å²) in [4.78, 5) is 2.72. The highest BCUT2D eigenvalue weighted by molar-refractivity contribution is 4.89. The Morgan fingerprint density at radius 2 is 1.55 bits per heavy atom. The van der Waals surface area contributed by atoms with Crippen molar-refractivity contribution in [1.29, 1.82) is 0 Å². The van der Waals surface area contributed by atoms with Gasteiger partial charge in [0.15, 0.2) is 0 Å². The van der Waals surface area contributed by atoms with Crippen molar-refractivity contribution in [2.24, 2.45) is 23.0 Å². The lowest BCUT2D eigenvalue weighted by Gasteiger charge is -2.42. The zero-order valence-electron chi connectivity index (χ0n) is 14.0. The molecule has 2 nitrogen and oxygen atoms in total. The van der Waals surface area contributed by atoms with Crippen LogP contribution in [0.15, 0.2) is 0 Å². The Kier molecular flexibility index (Phi) is 5.92. The lowest BCUT2D eigenvalue weighted by Crippen LogP contribution is -2.45. The van der Waals surface area contributed by atoms with Gasteiger partial charge in [-0.2, -0.15) is 0 Å². The van der Waals surface area contributed by atoms with Crippen LogP contribution in [-0.2, 0) is 0 Å². The van der Waals surface area contributed by atoms with E-state index >= 15 is 0 Å². The molecule has 3 unspecified atom stereocenters. The molecule has 0 aromatic heterocycles. The molecule has 2 rings (SSSR count). The van der Waals surface area contributed by atoms with Crippen molar-refractivity contribution in [3.05, 3.63) is 0 Å². The van der Waals surface area contributed by atoms with E-state index in [1.54, 1.807) is 0 Å². The summed E-state index contributed by atoms with van der Waals surface area (Å²) in [7, 11) is 0. The minimum Gasteiger partial charge on any atom is -0.327 e. The third kappa shape index (κ3) is 4.73. The van der Waals surface area contributed by atoms with Crippen LogP contribution in [0.25, 0.3) is 0 Å². The van der Waals surface area contributed by atoms with Crippen molar-refractivity contribution in [3.63, 3.8) is 0 Å². The Morgan fingerprint density at radius 1 is 0.950 bits per heavy atom. The van der Waals surface area contributed by atoms with Gasteiger partial charge in [0.25, 0.3) is 0 Å². The second-order valence-corrected chi connectivity index (χ2v) is 8.37. The van der Waals surface area contributed by atoms with Gasteiger partial charge in [-0.25, -0.2) is 0 Å². The van der Waals surface area contributed by atoms with E-state index in [-0.39, 0.29) is 0 Å². The van der Waals surface area contributed by atoms with Gasteiger partial charge in [0.2, 0.25) is 0 Å². The van der Waals surface area contributed by atoms with E-state index in [0.29, 0.717) is 11.5 Å². The summed E-state index contributed by atoms with van der Waals surface area (Å²) in [5.41, 5.74) is 6.90. The molecule has 3 atom stereocenters. The molecular formula is C18H36N2. The van der Waals surface area contributed by atoms with Crippen LogP contribution in [0.5, 0.6) is 0 Å². The molecular weight excluding hydrogens is 244 g/mol. The normalized spacial score (nSPS) is 34.5. The van der Waals surface area contributed by atoms with Crippen molar-refractivity contribution in [2.75, 3.05) is 19.6 Å².